The second-order valence-corrected chi connectivity index (χ2v) is 6.47. The average Bonchev–Trinajstić information content (AvgIpc) is 2.46. The van der Waals surface area contributed by atoms with Crippen LogP contribution < -0.4 is 5.43 Å². The van der Waals surface area contributed by atoms with Gasteiger partial charge in [-0.15, -0.1) is 0 Å². The minimum absolute atomic E-state index is 0.175. The van der Waals surface area contributed by atoms with Crippen LogP contribution in [-0.2, 0) is 4.79 Å². The maximum absolute atomic E-state index is 11.8. The fourth-order valence-corrected chi connectivity index (χ4v) is 2.90. The van der Waals surface area contributed by atoms with Gasteiger partial charge >= 0.3 is 0 Å². The summed E-state index contributed by atoms with van der Waals surface area (Å²) >= 11 is 13.1. The highest BCUT2D eigenvalue weighted by molar-refractivity contribution is 7.99. The minimum Gasteiger partial charge on any atom is -0.272 e. The molecule has 0 radical (unpaired) electrons. The standard InChI is InChI=1S/C15H14Cl2N4OS/c1-9-5-10(2)20-15(19-9)23-8-14(22)21-18-7-11-3-4-12(16)6-13(11)17/h3-7H,8H2,1-2H3,(H,21,22)/b18-7+. The molecule has 120 valence electrons. The molecular weight excluding hydrogens is 355 g/mol. The molecule has 0 spiro atoms. The third kappa shape index (κ3) is 5.82. The van der Waals surface area contributed by atoms with E-state index in [-0.39, 0.29) is 11.7 Å². The minimum atomic E-state index is -0.251. The highest BCUT2D eigenvalue weighted by atomic mass is 35.5. The summed E-state index contributed by atoms with van der Waals surface area (Å²) in [7, 11) is 0. The lowest BCUT2D eigenvalue weighted by Crippen LogP contribution is -2.19. The van der Waals surface area contributed by atoms with Crippen molar-refractivity contribution in [2.45, 2.75) is 19.0 Å². The number of hydrazone groups is 1. The third-order valence-electron chi connectivity index (χ3n) is 2.65. The van der Waals surface area contributed by atoms with Crippen LogP contribution >= 0.6 is 35.0 Å². The highest BCUT2D eigenvalue weighted by Crippen LogP contribution is 2.19. The number of aryl methyl sites for hydroxylation is 2. The number of carbonyl (C=O) groups excluding carboxylic acids is 1. The molecule has 5 nitrogen and oxygen atoms in total. The largest absolute Gasteiger partial charge is 0.272 e. The van der Waals surface area contributed by atoms with Crippen LogP contribution in [0.1, 0.15) is 17.0 Å². The number of nitrogens with one attached hydrogen (secondary N) is 1. The number of aromatic nitrogens is 2. The summed E-state index contributed by atoms with van der Waals surface area (Å²) in [4.78, 5) is 20.3. The molecule has 0 unspecified atom stereocenters. The molecule has 0 aliphatic carbocycles. The van der Waals surface area contributed by atoms with E-state index in [1.54, 1.807) is 18.2 Å². The molecule has 0 saturated carbocycles. The fourth-order valence-electron chi connectivity index (χ4n) is 1.70. The molecule has 0 bridgehead atoms. The second-order valence-electron chi connectivity index (χ2n) is 4.68. The molecule has 0 saturated heterocycles. The molecule has 1 aromatic carbocycles. The molecule has 0 fully saturated rings. The van der Waals surface area contributed by atoms with Crippen molar-refractivity contribution in [2.24, 2.45) is 5.10 Å². The van der Waals surface area contributed by atoms with Crippen molar-refractivity contribution in [1.82, 2.24) is 15.4 Å². The molecule has 2 rings (SSSR count). The number of halogens is 2. The van der Waals surface area contributed by atoms with Crippen LogP contribution in [0.25, 0.3) is 0 Å². The average molecular weight is 369 g/mol. The second kappa shape index (κ2) is 8.29. The Morgan fingerprint density at radius 1 is 1.26 bits per heavy atom. The normalized spacial score (nSPS) is 11.0. The SMILES string of the molecule is Cc1cc(C)nc(SCC(=O)N/N=C/c2ccc(Cl)cc2Cl)n1. The van der Waals surface area contributed by atoms with Gasteiger partial charge in [0.05, 0.1) is 17.0 Å². The Hall–Kier alpha value is -1.63. The van der Waals surface area contributed by atoms with E-state index in [9.17, 15) is 4.79 Å². The summed E-state index contributed by atoms with van der Waals surface area (Å²) < 4.78 is 0. The van der Waals surface area contributed by atoms with Crippen LogP contribution in [0.4, 0.5) is 0 Å². The summed E-state index contributed by atoms with van der Waals surface area (Å²) in [6, 6.07) is 6.91. The zero-order chi connectivity index (χ0) is 16.8. The van der Waals surface area contributed by atoms with Crippen molar-refractivity contribution in [3.8, 4) is 0 Å². The van der Waals surface area contributed by atoms with Crippen molar-refractivity contribution in [3.05, 3.63) is 51.3 Å². The number of thioether (sulfide) groups is 1. The van der Waals surface area contributed by atoms with E-state index < -0.39 is 0 Å². The van der Waals surface area contributed by atoms with Gasteiger partial charge in [-0.05, 0) is 32.0 Å². The zero-order valence-corrected chi connectivity index (χ0v) is 14.8. The predicted molar refractivity (Wildman–Crippen MR) is 94.4 cm³/mol. The number of rotatable bonds is 5. The monoisotopic (exact) mass is 368 g/mol. The Labute approximate surface area is 148 Å². The van der Waals surface area contributed by atoms with Crippen LogP contribution in [0.2, 0.25) is 10.0 Å². The van der Waals surface area contributed by atoms with Gasteiger partial charge in [0.15, 0.2) is 5.16 Å². The van der Waals surface area contributed by atoms with Gasteiger partial charge in [-0.25, -0.2) is 15.4 Å². The van der Waals surface area contributed by atoms with E-state index in [2.05, 4.69) is 20.5 Å². The Morgan fingerprint density at radius 2 is 1.96 bits per heavy atom. The Balaban J connectivity index is 1.86. The van der Waals surface area contributed by atoms with Crippen molar-refractivity contribution >= 4 is 47.1 Å². The van der Waals surface area contributed by atoms with Crippen molar-refractivity contribution in [3.63, 3.8) is 0 Å². The molecule has 1 heterocycles. The van der Waals surface area contributed by atoms with Gasteiger partial charge in [0.1, 0.15) is 0 Å². The van der Waals surface area contributed by atoms with E-state index in [0.717, 1.165) is 11.4 Å². The van der Waals surface area contributed by atoms with Crippen molar-refractivity contribution < 1.29 is 4.79 Å². The van der Waals surface area contributed by atoms with Crippen LogP contribution in [0, 0.1) is 13.8 Å². The summed E-state index contributed by atoms with van der Waals surface area (Å²) in [5.74, 6) is -0.0757. The molecule has 0 aliphatic rings. The molecule has 1 N–H and O–H groups in total. The molecule has 2 aromatic rings. The van der Waals surface area contributed by atoms with Gasteiger partial charge in [0.25, 0.3) is 5.91 Å². The lowest BCUT2D eigenvalue weighted by Gasteiger charge is -2.02. The first-order valence-corrected chi connectivity index (χ1v) is 8.40. The number of carbonyl (C=O) groups is 1. The molecule has 0 atom stereocenters. The van der Waals surface area contributed by atoms with E-state index >= 15 is 0 Å². The lowest BCUT2D eigenvalue weighted by atomic mass is 10.2. The number of nitrogens with zero attached hydrogens (tertiary/aromatic N) is 3. The van der Waals surface area contributed by atoms with E-state index in [4.69, 9.17) is 23.2 Å². The maximum Gasteiger partial charge on any atom is 0.250 e. The Morgan fingerprint density at radius 3 is 2.61 bits per heavy atom. The zero-order valence-electron chi connectivity index (χ0n) is 12.5. The molecule has 23 heavy (non-hydrogen) atoms. The summed E-state index contributed by atoms with van der Waals surface area (Å²) in [5.41, 5.74) is 4.85. The van der Waals surface area contributed by atoms with Gasteiger partial charge in [-0.1, -0.05) is 41.0 Å². The van der Waals surface area contributed by atoms with E-state index in [1.165, 1.54) is 18.0 Å². The fraction of sp³-hybridized carbons (Fsp3) is 0.200. The Bertz CT molecular complexity index is 732. The maximum atomic E-state index is 11.8. The van der Waals surface area contributed by atoms with Crippen LogP contribution in [0.3, 0.4) is 0 Å². The summed E-state index contributed by atoms with van der Waals surface area (Å²) in [6.45, 7) is 3.78. The van der Waals surface area contributed by atoms with Gasteiger partial charge in [0.2, 0.25) is 0 Å². The van der Waals surface area contributed by atoms with Gasteiger partial charge in [0, 0.05) is 22.0 Å². The molecule has 1 aromatic heterocycles. The van der Waals surface area contributed by atoms with Crippen molar-refractivity contribution in [1.29, 1.82) is 0 Å². The Kier molecular flexibility index (Phi) is 6.38. The molecule has 8 heteroatoms. The number of hydrogen-bond acceptors (Lipinski definition) is 5. The first-order chi connectivity index (χ1) is 10.9. The smallest absolute Gasteiger partial charge is 0.250 e. The molecule has 0 aliphatic heterocycles. The van der Waals surface area contributed by atoms with Crippen LogP contribution in [0.15, 0.2) is 34.5 Å². The van der Waals surface area contributed by atoms with Crippen molar-refractivity contribution in [2.75, 3.05) is 5.75 Å². The van der Waals surface area contributed by atoms with E-state index in [0.29, 0.717) is 20.8 Å². The predicted octanol–water partition coefficient (Wildman–Crippen LogP) is 3.64. The summed E-state index contributed by atoms with van der Waals surface area (Å²) in [5, 5.41) is 5.45. The quantitative estimate of drug-likeness (QED) is 0.378. The topological polar surface area (TPSA) is 67.2 Å². The summed E-state index contributed by atoms with van der Waals surface area (Å²) in [6.07, 6.45) is 1.47. The number of hydrogen-bond donors (Lipinski definition) is 1. The molecular formula is C15H14Cl2N4OS. The van der Waals surface area contributed by atoms with E-state index in [1.807, 2.05) is 19.9 Å². The third-order valence-corrected chi connectivity index (χ3v) is 4.06. The van der Waals surface area contributed by atoms with Gasteiger partial charge < -0.3 is 0 Å². The number of amides is 1. The molecule has 1 amide bonds. The van der Waals surface area contributed by atoms with Crippen LogP contribution in [0.5, 0.6) is 0 Å². The number of benzene rings is 1. The first-order valence-electron chi connectivity index (χ1n) is 6.66. The lowest BCUT2D eigenvalue weighted by molar-refractivity contribution is -0.118. The van der Waals surface area contributed by atoms with Crippen LogP contribution in [-0.4, -0.2) is 27.8 Å². The first kappa shape index (κ1) is 17.7. The van der Waals surface area contributed by atoms with Gasteiger partial charge in [-0.2, -0.15) is 5.10 Å². The highest BCUT2D eigenvalue weighted by Gasteiger charge is 2.05. The van der Waals surface area contributed by atoms with Gasteiger partial charge in [-0.3, -0.25) is 4.79 Å².